The Morgan fingerprint density at radius 1 is 1.21 bits per heavy atom. The normalized spacial score (nSPS) is 10.7. The quantitative estimate of drug-likeness (QED) is 0.788. The number of aryl methyl sites for hydroxylation is 5. The number of aldehydes is 1. The van der Waals surface area contributed by atoms with E-state index in [-0.39, 0.29) is 0 Å². The van der Waals surface area contributed by atoms with Crippen LogP contribution < -0.4 is 0 Å². The van der Waals surface area contributed by atoms with Gasteiger partial charge in [-0.25, -0.2) is 4.98 Å². The van der Waals surface area contributed by atoms with Gasteiger partial charge in [0, 0.05) is 7.05 Å². The molecule has 0 saturated carbocycles. The zero-order chi connectivity index (χ0) is 14.0. The van der Waals surface area contributed by atoms with E-state index in [9.17, 15) is 4.79 Å². The van der Waals surface area contributed by atoms with Gasteiger partial charge in [-0.15, -0.1) is 0 Å². The number of aromatic nitrogens is 2. The van der Waals surface area contributed by atoms with E-state index < -0.39 is 0 Å². The maximum absolute atomic E-state index is 11.1. The van der Waals surface area contributed by atoms with Crippen molar-refractivity contribution in [1.29, 1.82) is 0 Å². The van der Waals surface area contributed by atoms with E-state index >= 15 is 0 Å². The summed E-state index contributed by atoms with van der Waals surface area (Å²) in [4.78, 5) is 15.6. The highest BCUT2D eigenvalue weighted by Gasteiger charge is 2.11. The third-order valence-electron chi connectivity index (χ3n) is 3.68. The molecule has 0 aliphatic rings. The smallest absolute Gasteiger partial charge is 0.168 e. The third kappa shape index (κ3) is 2.75. The fourth-order valence-corrected chi connectivity index (χ4v) is 2.41. The van der Waals surface area contributed by atoms with Gasteiger partial charge in [0.1, 0.15) is 11.5 Å². The minimum Gasteiger partial charge on any atom is -0.329 e. The molecule has 0 saturated heterocycles. The van der Waals surface area contributed by atoms with Crippen LogP contribution in [0.15, 0.2) is 18.2 Å². The third-order valence-corrected chi connectivity index (χ3v) is 3.68. The maximum Gasteiger partial charge on any atom is 0.168 e. The molecule has 1 heterocycles. The second-order valence-corrected chi connectivity index (χ2v) is 5.10. The molecule has 3 heteroatoms. The minimum absolute atomic E-state index is 0.697. The fourth-order valence-electron chi connectivity index (χ4n) is 2.41. The van der Waals surface area contributed by atoms with E-state index in [0.717, 1.165) is 30.6 Å². The second-order valence-electron chi connectivity index (χ2n) is 5.10. The maximum atomic E-state index is 11.1. The average Bonchev–Trinajstić information content (AvgIpc) is 2.63. The molecule has 0 atom stereocenters. The Balaban J connectivity index is 2.19. The molecule has 0 aliphatic heterocycles. The second kappa shape index (κ2) is 5.39. The Bertz CT molecular complexity index is 611. The number of rotatable bonds is 4. The van der Waals surface area contributed by atoms with Crippen molar-refractivity contribution in [2.24, 2.45) is 7.05 Å². The largest absolute Gasteiger partial charge is 0.329 e. The minimum atomic E-state index is 0.697. The molecule has 2 rings (SSSR count). The van der Waals surface area contributed by atoms with Crippen molar-refractivity contribution in [3.63, 3.8) is 0 Å². The molecule has 0 fully saturated rings. The molecule has 0 aliphatic carbocycles. The first-order chi connectivity index (χ1) is 9.02. The number of benzene rings is 1. The van der Waals surface area contributed by atoms with Gasteiger partial charge < -0.3 is 4.57 Å². The highest BCUT2D eigenvalue weighted by atomic mass is 16.1. The van der Waals surface area contributed by atoms with Crippen LogP contribution in [0.1, 0.15) is 38.7 Å². The molecule has 0 unspecified atom stereocenters. The number of carbonyl (C=O) groups is 1. The number of imidazole rings is 1. The van der Waals surface area contributed by atoms with Crippen LogP contribution in [0, 0.1) is 20.8 Å². The summed E-state index contributed by atoms with van der Waals surface area (Å²) in [5.41, 5.74) is 5.51. The highest BCUT2D eigenvalue weighted by molar-refractivity contribution is 5.74. The van der Waals surface area contributed by atoms with Crippen LogP contribution in [-0.2, 0) is 19.9 Å². The van der Waals surface area contributed by atoms with Gasteiger partial charge in [-0.3, -0.25) is 4.79 Å². The zero-order valence-electron chi connectivity index (χ0n) is 12.0. The van der Waals surface area contributed by atoms with Gasteiger partial charge in [0.2, 0.25) is 0 Å². The van der Waals surface area contributed by atoms with Gasteiger partial charge in [0.05, 0.1) is 5.69 Å². The summed E-state index contributed by atoms with van der Waals surface area (Å²) < 4.78 is 1.85. The highest BCUT2D eigenvalue weighted by Crippen LogP contribution is 2.15. The Kier molecular flexibility index (Phi) is 3.84. The Labute approximate surface area is 114 Å². The Morgan fingerprint density at radius 2 is 1.95 bits per heavy atom. The van der Waals surface area contributed by atoms with Gasteiger partial charge >= 0.3 is 0 Å². The summed E-state index contributed by atoms with van der Waals surface area (Å²) >= 11 is 0. The summed E-state index contributed by atoms with van der Waals surface area (Å²) in [6.45, 7) is 6.16. The number of hydrogen-bond donors (Lipinski definition) is 0. The van der Waals surface area contributed by atoms with Crippen LogP contribution in [0.25, 0.3) is 0 Å². The van der Waals surface area contributed by atoms with Crippen molar-refractivity contribution in [3.05, 3.63) is 52.1 Å². The van der Waals surface area contributed by atoms with Crippen LogP contribution in [0.3, 0.4) is 0 Å². The lowest BCUT2D eigenvalue weighted by Gasteiger charge is -2.06. The van der Waals surface area contributed by atoms with E-state index in [4.69, 9.17) is 0 Å². The molecule has 0 radical (unpaired) electrons. The predicted octanol–water partition coefficient (Wildman–Crippen LogP) is 2.94. The topological polar surface area (TPSA) is 34.9 Å². The van der Waals surface area contributed by atoms with Gasteiger partial charge in [0.25, 0.3) is 0 Å². The molecule has 0 amide bonds. The molecule has 0 spiro atoms. The van der Waals surface area contributed by atoms with Crippen LogP contribution in [0.2, 0.25) is 0 Å². The zero-order valence-corrected chi connectivity index (χ0v) is 12.0. The molecule has 2 aromatic rings. The van der Waals surface area contributed by atoms with E-state index in [0.29, 0.717) is 5.69 Å². The van der Waals surface area contributed by atoms with E-state index in [1.807, 2.05) is 18.5 Å². The van der Waals surface area contributed by atoms with Crippen LogP contribution in [0.5, 0.6) is 0 Å². The van der Waals surface area contributed by atoms with Gasteiger partial charge in [-0.05, 0) is 44.7 Å². The molecular weight excluding hydrogens is 236 g/mol. The van der Waals surface area contributed by atoms with Crippen molar-refractivity contribution in [2.45, 2.75) is 33.6 Å². The Morgan fingerprint density at radius 3 is 2.58 bits per heavy atom. The summed E-state index contributed by atoms with van der Waals surface area (Å²) in [5.74, 6) is 0.887. The van der Waals surface area contributed by atoms with Crippen LogP contribution in [-0.4, -0.2) is 15.8 Å². The predicted molar refractivity (Wildman–Crippen MR) is 76.7 cm³/mol. The van der Waals surface area contributed by atoms with Gasteiger partial charge in [0.15, 0.2) is 6.29 Å². The van der Waals surface area contributed by atoms with Crippen molar-refractivity contribution in [2.75, 3.05) is 0 Å². The lowest BCUT2D eigenvalue weighted by molar-refractivity contribution is 0.111. The van der Waals surface area contributed by atoms with E-state index in [1.165, 1.54) is 16.7 Å². The van der Waals surface area contributed by atoms with Crippen molar-refractivity contribution < 1.29 is 4.79 Å². The fraction of sp³-hybridized carbons (Fsp3) is 0.375. The molecule has 1 aromatic carbocycles. The Hall–Kier alpha value is -1.90. The lowest BCUT2D eigenvalue weighted by Crippen LogP contribution is -2.01. The van der Waals surface area contributed by atoms with Crippen molar-refractivity contribution in [3.8, 4) is 0 Å². The summed E-state index contributed by atoms with van der Waals surface area (Å²) in [6, 6.07) is 6.49. The number of carbonyl (C=O) groups excluding carboxylic acids is 1. The SMILES string of the molecule is Cc1ccc(CCc2nc(C)n(C)c2C=O)c(C)c1. The molecule has 1 aromatic heterocycles. The van der Waals surface area contributed by atoms with E-state index in [1.54, 1.807) is 0 Å². The van der Waals surface area contributed by atoms with E-state index in [2.05, 4.69) is 37.0 Å². The molecule has 0 bridgehead atoms. The molecule has 100 valence electrons. The first-order valence-corrected chi connectivity index (χ1v) is 6.56. The van der Waals surface area contributed by atoms with Gasteiger partial charge in [-0.1, -0.05) is 23.8 Å². The number of nitrogens with zero attached hydrogens (tertiary/aromatic N) is 2. The molecule has 19 heavy (non-hydrogen) atoms. The van der Waals surface area contributed by atoms with Gasteiger partial charge in [-0.2, -0.15) is 0 Å². The molecule has 3 nitrogen and oxygen atoms in total. The first kappa shape index (κ1) is 13.5. The average molecular weight is 256 g/mol. The lowest BCUT2D eigenvalue weighted by atomic mass is 10.0. The summed E-state index contributed by atoms with van der Waals surface area (Å²) in [7, 11) is 1.88. The van der Waals surface area contributed by atoms with Crippen LogP contribution >= 0.6 is 0 Å². The first-order valence-electron chi connectivity index (χ1n) is 6.56. The van der Waals surface area contributed by atoms with Crippen molar-refractivity contribution >= 4 is 6.29 Å². The monoisotopic (exact) mass is 256 g/mol. The molecule has 0 N–H and O–H groups in total. The summed E-state index contributed by atoms with van der Waals surface area (Å²) in [6.07, 6.45) is 2.63. The number of hydrogen-bond acceptors (Lipinski definition) is 2. The molecular formula is C16H20N2O. The van der Waals surface area contributed by atoms with Crippen LogP contribution in [0.4, 0.5) is 0 Å². The standard InChI is InChI=1S/C16H20N2O/c1-11-5-6-14(12(2)9-11)7-8-15-16(10-19)18(4)13(3)17-15/h5-6,9-10H,7-8H2,1-4H3. The summed E-state index contributed by atoms with van der Waals surface area (Å²) in [5, 5.41) is 0. The van der Waals surface area contributed by atoms with Crippen molar-refractivity contribution in [1.82, 2.24) is 9.55 Å².